The summed E-state index contributed by atoms with van der Waals surface area (Å²) in [6, 6.07) is 14.1. The highest BCUT2D eigenvalue weighted by Gasteiger charge is 2.40. The maximum atomic E-state index is 13.8. The van der Waals surface area contributed by atoms with E-state index in [2.05, 4.69) is 27.8 Å². The zero-order chi connectivity index (χ0) is 39.5. The van der Waals surface area contributed by atoms with E-state index in [0.717, 1.165) is 11.1 Å². The van der Waals surface area contributed by atoms with Gasteiger partial charge in [0.1, 0.15) is 31.3 Å². The van der Waals surface area contributed by atoms with Crippen LogP contribution in [-0.4, -0.2) is 83.6 Å². The lowest BCUT2D eigenvalue weighted by molar-refractivity contribution is -0.147. The number of alkyl carbamates (subject to hydrolysis) is 1. The number of carbonyl (C=O) groups is 7. The van der Waals surface area contributed by atoms with Crippen molar-refractivity contribution in [3.05, 3.63) is 84.4 Å². The molecule has 1 aliphatic rings. The van der Waals surface area contributed by atoms with Gasteiger partial charge in [-0.25, -0.2) is 9.59 Å². The molecule has 1 saturated heterocycles. The van der Waals surface area contributed by atoms with Crippen LogP contribution >= 0.6 is 0 Å². The molecule has 54 heavy (non-hydrogen) atoms. The third kappa shape index (κ3) is 13.8. The van der Waals surface area contributed by atoms with Crippen LogP contribution in [0.2, 0.25) is 0 Å². The zero-order valence-electron chi connectivity index (χ0n) is 31.3. The minimum Gasteiger partial charge on any atom is -0.459 e. The Balaban J connectivity index is 1.60. The number of rotatable bonds is 21. The van der Waals surface area contributed by atoms with Gasteiger partial charge in [-0.15, -0.1) is 6.58 Å². The van der Waals surface area contributed by atoms with Crippen molar-refractivity contribution >= 4 is 41.5 Å². The second kappa shape index (κ2) is 22.5. The second-order valence-electron chi connectivity index (χ2n) is 13.4. The molecule has 0 aromatic heterocycles. The molecule has 14 nitrogen and oxygen atoms in total. The van der Waals surface area contributed by atoms with E-state index in [4.69, 9.17) is 9.47 Å². The number of benzene rings is 2. The average molecular weight is 748 g/mol. The standard InChI is InChI=1S/C40H53N5O9/c1-5-15-30(35(47)37(49)41-23-6-2)42-36(48)32-21-14-24-45(32)38(50)34(27(3)4)44-33(46)22-13-20-31(39(51)53-25-28-16-9-7-10-17-28)43-40(52)54-26-29-18-11-8-12-19-29/h6-12,16-19,27,30-32,34H,2,5,13-15,20-26H2,1,3-4H3,(H,41,49)(H,42,48)(H,43,52)(H,44,46)/t30?,31-,32-,34-/m0/s1. The number of hydrogen-bond donors (Lipinski definition) is 4. The van der Waals surface area contributed by atoms with Crippen LogP contribution in [0.4, 0.5) is 4.79 Å². The van der Waals surface area contributed by atoms with E-state index < -0.39 is 65.6 Å². The van der Waals surface area contributed by atoms with Crippen molar-refractivity contribution in [1.82, 2.24) is 26.2 Å². The summed E-state index contributed by atoms with van der Waals surface area (Å²) in [5.74, 6) is -4.07. The van der Waals surface area contributed by atoms with E-state index in [9.17, 15) is 33.6 Å². The molecule has 2 aromatic rings. The van der Waals surface area contributed by atoms with Crippen molar-refractivity contribution in [3.8, 4) is 0 Å². The van der Waals surface area contributed by atoms with Crippen molar-refractivity contribution in [2.45, 2.75) is 103 Å². The van der Waals surface area contributed by atoms with E-state index >= 15 is 0 Å². The molecule has 292 valence electrons. The van der Waals surface area contributed by atoms with Crippen molar-refractivity contribution in [2.24, 2.45) is 5.92 Å². The number of ether oxygens (including phenoxy) is 2. The van der Waals surface area contributed by atoms with Gasteiger partial charge in [0, 0.05) is 19.5 Å². The summed E-state index contributed by atoms with van der Waals surface area (Å²) in [5.41, 5.74) is 1.53. The van der Waals surface area contributed by atoms with Crippen molar-refractivity contribution in [3.63, 3.8) is 0 Å². The molecular formula is C40H53N5O9. The van der Waals surface area contributed by atoms with Crippen LogP contribution in [0.3, 0.4) is 0 Å². The minimum absolute atomic E-state index is 0.00425. The van der Waals surface area contributed by atoms with Crippen LogP contribution in [0.5, 0.6) is 0 Å². The van der Waals surface area contributed by atoms with Crippen LogP contribution in [-0.2, 0) is 51.5 Å². The number of ketones is 1. The molecule has 1 aliphatic heterocycles. The average Bonchev–Trinajstić information content (AvgIpc) is 3.67. The largest absolute Gasteiger partial charge is 0.459 e. The molecule has 2 aromatic carbocycles. The summed E-state index contributed by atoms with van der Waals surface area (Å²) in [5, 5.41) is 10.5. The van der Waals surface area contributed by atoms with Crippen LogP contribution in [0.15, 0.2) is 73.3 Å². The highest BCUT2D eigenvalue weighted by atomic mass is 16.6. The first-order valence-electron chi connectivity index (χ1n) is 18.5. The van der Waals surface area contributed by atoms with Gasteiger partial charge in [-0.3, -0.25) is 24.0 Å². The summed E-state index contributed by atoms with van der Waals surface area (Å²) < 4.78 is 10.8. The number of nitrogens with one attached hydrogen (secondary N) is 4. The van der Waals surface area contributed by atoms with Gasteiger partial charge in [0.15, 0.2) is 0 Å². The Labute approximate surface area is 316 Å². The third-order valence-corrected chi connectivity index (χ3v) is 8.84. The number of likely N-dealkylation sites (tertiary alicyclic amines) is 1. The molecule has 4 atom stereocenters. The van der Waals surface area contributed by atoms with E-state index in [1.807, 2.05) is 43.3 Å². The monoisotopic (exact) mass is 747 g/mol. The fraction of sp³-hybridized carbons (Fsp3) is 0.475. The first kappa shape index (κ1) is 42.9. The van der Waals surface area contributed by atoms with Crippen molar-refractivity contribution in [2.75, 3.05) is 13.1 Å². The maximum Gasteiger partial charge on any atom is 0.408 e. The summed E-state index contributed by atoms with van der Waals surface area (Å²) >= 11 is 0. The third-order valence-electron chi connectivity index (χ3n) is 8.84. The Morgan fingerprint density at radius 3 is 2.07 bits per heavy atom. The first-order valence-corrected chi connectivity index (χ1v) is 18.5. The smallest absolute Gasteiger partial charge is 0.408 e. The molecule has 4 N–H and O–H groups in total. The van der Waals surface area contributed by atoms with E-state index in [1.54, 1.807) is 38.1 Å². The van der Waals surface area contributed by atoms with Crippen LogP contribution in [0, 0.1) is 5.92 Å². The Bertz CT molecular complexity index is 1580. The molecule has 1 heterocycles. The zero-order valence-corrected chi connectivity index (χ0v) is 31.3. The first-order chi connectivity index (χ1) is 25.9. The van der Waals surface area contributed by atoms with Crippen LogP contribution in [0.1, 0.15) is 76.8 Å². The van der Waals surface area contributed by atoms with E-state index in [0.29, 0.717) is 19.3 Å². The lowest BCUT2D eigenvalue weighted by Crippen LogP contribution is -2.57. The highest BCUT2D eigenvalue weighted by molar-refractivity contribution is 6.38. The Morgan fingerprint density at radius 1 is 0.852 bits per heavy atom. The molecule has 0 radical (unpaired) electrons. The molecule has 14 heteroatoms. The predicted octanol–water partition coefficient (Wildman–Crippen LogP) is 3.48. The number of Topliss-reactive ketones (excluding diaryl/α,β-unsaturated/α-hetero) is 1. The normalized spacial score (nSPS) is 15.3. The fourth-order valence-electron chi connectivity index (χ4n) is 5.93. The summed E-state index contributed by atoms with van der Waals surface area (Å²) in [7, 11) is 0. The van der Waals surface area contributed by atoms with Gasteiger partial charge in [0.2, 0.25) is 23.5 Å². The van der Waals surface area contributed by atoms with Gasteiger partial charge in [0.05, 0.1) is 6.04 Å². The molecule has 0 bridgehead atoms. The molecule has 0 saturated carbocycles. The summed E-state index contributed by atoms with van der Waals surface area (Å²) in [6.45, 7) is 9.26. The quantitative estimate of drug-likeness (QED) is 0.0842. The summed E-state index contributed by atoms with van der Waals surface area (Å²) in [4.78, 5) is 92.7. The van der Waals surface area contributed by atoms with E-state index in [-0.39, 0.29) is 57.9 Å². The van der Waals surface area contributed by atoms with Gasteiger partial charge in [-0.1, -0.05) is 93.9 Å². The highest BCUT2D eigenvalue weighted by Crippen LogP contribution is 2.21. The Morgan fingerprint density at radius 2 is 1.48 bits per heavy atom. The van der Waals surface area contributed by atoms with Gasteiger partial charge >= 0.3 is 12.1 Å². The lowest BCUT2D eigenvalue weighted by atomic mass is 10.0. The van der Waals surface area contributed by atoms with Gasteiger partial charge in [0.25, 0.3) is 5.91 Å². The number of hydrogen-bond acceptors (Lipinski definition) is 9. The molecular weight excluding hydrogens is 694 g/mol. The van der Waals surface area contributed by atoms with Crippen LogP contribution < -0.4 is 21.3 Å². The molecule has 5 amide bonds. The Kier molecular flexibility index (Phi) is 17.9. The molecule has 0 spiro atoms. The van der Waals surface area contributed by atoms with Crippen molar-refractivity contribution < 1.29 is 43.0 Å². The van der Waals surface area contributed by atoms with Gasteiger partial charge < -0.3 is 35.6 Å². The van der Waals surface area contributed by atoms with Gasteiger partial charge in [-0.05, 0) is 49.1 Å². The SMILES string of the molecule is C=CCNC(=O)C(=O)C(CCC)NC(=O)[C@@H]1CCCN1C(=O)[C@@H](NC(=O)CCC[C@H](NC(=O)OCc1ccccc1)C(=O)OCc1ccccc1)C(C)C. The Hall–Kier alpha value is -5.53. The molecule has 3 rings (SSSR count). The number of esters is 1. The van der Waals surface area contributed by atoms with Crippen molar-refractivity contribution in [1.29, 1.82) is 0 Å². The lowest BCUT2D eigenvalue weighted by Gasteiger charge is -2.31. The fourth-order valence-corrected chi connectivity index (χ4v) is 5.93. The van der Waals surface area contributed by atoms with Crippen LogP contribution in [0.25, 0.3) is 0 Å². The number of nitrogens with zero attached hydrogens (tertiary/aromatic N) is 1. The van der Waals surface area contributed by atoms with Gasteiger partial charge in [-0.2, -0.15) is 0 Å². The minimum atomic E-state index is -1.10. The molecule has 1 fully saturated rings. The predicted molar refractivity (Wildman–Crippen MR) is 200 cm³/mol. The molecule has 0 aliphatic carbocycles. The number of amides is 5. The summed E-state index contributed by atoms with van der Waals surface area (Å²) in [6.07, 6.45) is 2.44. The maximum absolute atomic E-state index is 13.8. The number of carbonyl (C=O) groups excluding carboxylic acids is 7. The molecule has 1 unspecified atom stereocenters. The second-order valence-corrected chi connectivity index (χ2v) is 13.4. The topological polar surface area (TPSA) is 189 Å². The van der Waals surface area contributed by atoms with E-state index in [1.165, 1.54) is 11.0 Å².